The number of aryl methyl sites for hydroxylation is 1. The molecule has 3 aromatic rings. The number of anilines is 1. The first-order chi connectivity index (χ1) is 9.68. The van der Waals surface area contributed by atoms with Crippen LogP contribution in [0.2, 0.25) is 0 Å². The number of hydrogen-bond donors (Lipinski definition) is 0. The van der Waals surface area contributed by atoms with E-state index in [1.165, 1.54) is 10.9 Å². The van der Waals surface area contributed by atoms with Gasteiger partial charge in [0.2, 0.25) is 0 Å². The van der Waals surface area contributed by atoms with Crippen LogP contribution in [0.5, 0.6) is 0 Å². The van der Waals surface area contributed by atoms with Crippen molar-refractivity contribution >= 4 is 16.6 Å². The molecule has 3 nitrogen and oxygen atoms in total. The van der Waals surface area contributed by atoms with E-state index < -0.39 is 0 Å². The van der Waals surface area contributed by atoms with E-state index in [4.69, 9.17) is 0 Å². The van der Waals surface area contributed by atoms with Gasteiger partial charge in [0.15, 0.2) is 0 Å². The van der Waals surface area contributed by atoms with Gasteiger partial charge in [0.1, 0.15) is 0 Å². The highest BCUT2D eigenvalue weighted by Gasteiger charge is 2.12. The third-order valence-electron chi connectivity index (χ3n) is 3.51. The van der Waals surface area contributed by atoms with Crippen LogP contribution >= 0.6 is 0 Å². The van der Waals surface area contributed by atoms with Crippen molar-refractivity contribution in [1.29, 1.82) is 0 Å². The lowest BCUT2D eigenvalue weighted by Crippen LogP contribution is -2.10. The Bertz CT molecular complexity index is 763. The summed E-state index contributed by atoms with van der Waals surface area (Å²) in [5, 5.41) is 1.18. The minimum Gasteiger partial charge on any atom is -0.376 e. The summed E-state index contributed by atoms with van der Waals surface area (Å²) in [7, 11) is 4.06. The topological polar surface area (TPSA) is 29.0 Å². The second-order valence-corrected chi connectivity index (χ2v) is 5.10. The zero-order valence-electron chi connectivity index (χ0n) is 12.0. The maximum absolute atomic E-state index is 4.57. The van der Waals surface area contributed by atoms with E-state index in [0.29, 0.717) is 0 Å². The van der Waals surface area contributed by atoms with Crippen LogP contribution in [0.25, 0.3) is 22.2 Å². The first-order valence-electron chi connectivity index (χ1n) is 6.65. The molecular formula is C17H17N3. The van der Waals surface area contributed by atoms with Gasteiger partial charge in [-0.1, -0.05) is 18.2 Å². The minimum atomic E-state index is 0.973. The van der Waals surface area contributed by atoms with Crippen LogP contribution in [-0.2, 0) is 0 Å². The Labute approximate surface area is 118 Å². The average molecular weight is 263 g/mol. The van der Waals surface area contributed by atoms with E-state index in [2.05, 4.69) is 46.1 Å². The second-order valence-electron chi connectivity index (χ2n) is 5.10. The summed E-state index contributed by atoms with van der Waals surface area (Å²) in [6.45, 7) is 2.11. The fraction of sp³-hybridized carbons (Fsp3) is 0.176. The van der Waals surface area contributed by atoms with E-state index >= 15 is 0 Å². The van der Waals surface area contributed by atoms with E-state index in [9.17, 15) is 0 Å². The number of aromatic nitrogens is 2. The lowest BCUT2D eigenvalue weighted by atomic mass is 10.0. The zero-order valence-corrected chi connectivity index (χ0v) is 12.0. The Hall–Kier alpha value is -2.42. The van der Waals surface area contributed by atoms with E-state index in [1.54, 1.807) is 0 Å². The van der Waals surface area contributed by atoms with Crippen molar-refractivity contribution in [2.24, 2.45) is 0 Å². The fourth-order valence-corrected chi connectivity index (χ4v) is 2.47. The number of benzene rings is 1. The molecule has 100 valence electrons. The summed E-state index contributed by atoms with van der Waals surface area (Å²) in [5.41, 5.74) is 5.40. The Kier molecular flexibility index (Phi) is 3.11. The summed E-state index contributed by atoms with van der Waals surface area (Å²) in [5.74, 6) is 0. The first-order valence-corrected chi connectivity index (χ1v) is 6.65. The summed E-state index contributed by atoms with van der Waals surface area (Å²) in [6, 6.07) is 12.4. The standard InChI is InChI=1S/C17H17N3/c1-12-8-9-14(16-13(12)6-4-10-18-16)17-15(20(2)3)7-5-11-19-17/h4-11H,1-3H3. The minimum absolute atomic E-state index is 0.973. The highest BCUT2D eigenvalue weighted by atomic mass is 15.1. The molecular weight excluding hydrogens is 246 g/mol. The molecule has 0 N–H and O–H groups in total. The van der Waals surface area contributed by atoms with Crippen molar-refractivity contribution < 1.29 is 0 Å². The average Bonchev–Trinajstić information content (AvgIpc) is 2.48. The fourth-order valence-electron chi connectivity index (χ4n) is 2.47. The molecule has 0 atom stereocenters. The molecule has 0 aliphatic rings. The van der Waals surface area contributed by atoms with Crippen LogP contribution in [0.4, 0.5) is 5.69 Å². The summed E-state index contributed by atoms with van der Waals surface area (Å²) in [4.78, 5) is 11.2. The summed E-state index contributed by atoms with van der Waals surface area (Å²) >= 11 is 0. The molecule has 0 spiro atoms. The van der Waals surface area contributed by atoms with Gasteiger partial charge in [0.25, 0.3) is 0 Å². The number of nitrogens with zero attached hydrogens (tertiary/aromatic N) is 3. The van der Waals surface area contributed by atoms with Gasteiger partial charge < -0.3 is 4.90 Å². The van der Waals surface area contributed by atoms with Gasteiger partial charge in [-0.3, -0.25) is 9.97 Å². The van der Waals surface area contributed by atoms with Crippen molar-refractivity contribution in [1.82, 2.24) is 9.97 Å². The maximum Gasteiger partial charge on any atom is 0.0956 e. The predicted molar refractivity (Wildman–Crippen MR) is 84.0 cm³/mol. The van der Waals surface area contributed by atoms with Gasteiger partial charge >= 0.3 is 0 Å². The molecule has 2 heterocycles. The van der Waals surface area contributed by atoms with Crippen molar-refractivity contribution in [2.75, 3.05) is 19.0 Å². The molecule has 0 saturated carbocycles. The quantitative estimate of drug-likeness (QED) is 0.706. The van der Waals surface area contributed by atoms with Gasteiger partial charge in [0.05, 0.1) is 16.9 Å². The van der Waals surface area contributed by atoms with Crippen LogP contribution in [0.1, 0.15) is 5.56 Å². The SMILES string of the molecule is Cc1ccc(-c2ncccc2N(C)C)c2ncccc12. The molecule has 3 rings (SSSR count). The molecule has 0 fully saturated rings. The molecule has 3 heteroatoms. The lowest BCUT2D eigenvalue weighted by molar-refractivity contribution is 1.11. The molecule has 0 saturated heterocycles. The highest BCUT2D eigenvalue weighted by molar-refractivity contribution is 5.97. The number of rotatable bonds is 2. The van der Waals surface area contributed by atoms with Crippen LogP contribution in [0.3, 0.4) is 0 Å². The maximum atomic E-state index is 4.57. The Balaban J connectivity index is 2.34. The molecule has 0 aliphatic carbocycles. The largest absolute Gasteiger partial charge is 0.376 e. The lowest BCUT2D eigenvalue weighted by Gasteiger charge is -2.17. The monoisotopic (exact) mass is 263 g/mol. The van der Waals surface area contributed by atoms with Gasteiger partial charge in [-0.2, -0.15) is 0 Å². The first kappa shape index (κ1) is 12.6. The van der Waals surface area contributed by atoms with Crippen LogP contribution in [-0.4, -0.2) is 24.1 Å². The zero-order chi connectivity index (χ0) is 14.1. The van der Waals surface area contributed by atoms with Crippen molar-refractivity contribution in [3.63, 3.8) is 0 Å². The number of pyridine rings is 2. The molecule has 2 aromatic heterocycles. The van der Waals surface area contributed by atoms with Crippen molar-refractivity contribution in [3.05, 3.63) is 54.4 Å². The van der Waals surface area contributed by atoms with Gasteiger partial charge in [0, 0.05) is 37.4 Å². The molecule has 20 heavy (non-hydrogen) atoms. The predicted octanol–water partition coefficient (Wildman–Crippen LogP) is 3.67. The third-order valence-corrected chi connectivity index (χ3v) is 3.51. The van der Waals surface area contributed by atoms with Crippen LogP contribution in [0, 0.1) is 6.92 Å². The Morgan fingerprint density at radius 1 is 0.900 bits per heavy atom. The van der Waals surface area contributed by atoms with Gasteiger partial charge in [-0.25, -0.2) is 0 Å². The van der Waals surface area contributed by atoms with Crippen LogP contribution < -0.4 is 4.90 Å². The molecule has 1 aromatic carbocycles. The highest BCUT2D eigenvalue weighted by Crippen LogP contribution is 2.33. The molecule has 0 amide bonds. The van der Waals surface area contributed by atoms with Crippen molar-refractivity contribution in [3.8, 4) is 11.3 Å². The third kappa shape index (κ3) is 2.01. The normalized spacial score (nSPS) is 10.8. The van der Waals surface area contributed by atoms with E-state index in [1.807, 2.05) is 38.6 Å². The molecule has 0 radical (unpaired) electrons. The Morgan fingerprint density at radius 3 is 2.45 bits per heavy atom. The number of fused-ring (bicyclic) bond motifs is 1. The molecule has 0 aliphatic heterocycles. The van der Waals surface area contributed by atoms with E-state index in [-0.39, 0.29) is 0 Å². The van der Waals surface area contributed by atoms with Gasteiger partial charge in [-0.05, 0) is 30.7 Å². The number of hydrogen-bond acceptors (Lipinski definition) is 3. The van der Waals surface area contributed by atoms with Gasteiger partial charge in [-0.15, -0.1) is 0 Å². The molecule has 0 bridgehead atoms. The van der Waals surface area contributed by atoms with Crippen molar-refractivity contribution in [2.45, 2.75) is 6.92 Å². The molecule has 0 unspecified atom stereocenters. The summed E-state index contributed by atoms with van der Waals surface area (Å²) in [6.07, 6.45) is 3.67. The van der Waals surface area contributed by atoms with Crippen LogP contribution in [0.15, 0.2) is 48.8 Å². The smallest absolute Gasteiger partial charge is 0.0956 e. The second kappa shape index (κ2) is 4.93. The Morgan fingerprint density at radius 2 is 1.65 bits per heavy atom. The van der Waals surface area contributed by atoms with E-state index in [0.717, 1.165) is 22.5 Å². The summed E-state index contributed by atoms with van der Waals surface area (Å²) < 4.78 is 0.